The van der Waals surface area contributed by atoms with Crippen LogP contribution in [0.5, 0.6) is 0 Å². The van der Waals surface area contributed by atoms with Crippen LogP contribution >= 0.6 is 0 Å². The molecule has 0 N–H and O–H groups in total. The Morgan fingerprint density at radius 2 is 0.710 bits per heavy atom. The molecule has 0 unspecified atom stereocenters. The molecule has 0 aliphatic heterocycles. The molecule has 0 amide bonds. The van der Waals surface area contributed by atoms with Crippen molar-refractivity contribution < 1.29 is 0 Å². The highest BCUT2D eigenvalue weighted by molar-refractivity contribution is 6.37. The number of pyridine rings is 1. The van der Waals surface area contributed by atoms with Crippen LogP contribution in [0.15, 0.2) is 206 Å². The summed E-state index contributed by atoms with van der Waals surface area (Å²) in [4.78, 5) is 19.6. The monoisotopic (exact) mass is 786 g/mol. The maximum atomic E-state index is 5.07. The number of hydrogen-bond donors (Lipinski definition) is 0. The summed E-state index contributed by atoms with van der Waals surface area (Å²) in [5, 5.41) is 16.5. The summed E-state index contributed by atoms with van der Waals surface area (Å²) in [5.74, 6) is 1.88. The Bertz CT molecular complexity index is 3910. The van der Waals surface area contributed by atoms with Gasteiger partial charge in [0, 0.05) is 28.3 Å². The first-order valence-electron chi connectivity index (χ1n) is 21.0. The smallest absolute Gasteiger partial charge is 0.164 e. The first-order valence-corrected chi connectivity index (χ1v) is 21.0. The Balaban J connectivity index is 0.940. The number of aromatic nitrogens is 4. The second-order valence-corrected chi connectivity index (χ2v) is 16.2. The lowest BCUT2D eigenvalue weighted by molar-refractivity contribution is 1.07. The van der Waals surface area contributed by atoms with Crippen LogP contribution in [0.2, 0.25) is 0 Å². The van der Waals surface area contributed by atoms with E-state index in [-0.39, 0.29) is 0 Å². The molecule has 0 fully saturated rings. The lowest BCUT2D eigenvalue weighted by Gasteiger charge is -2.17. The second kappa shape index (κ2) is 13.6. The summed E-state index contributed by atoms with van der Waals surface area (Å²) in [7, 11) is 0. The van der Waals surface area contributed by atoms with Crippen LogP contribution in [0.4, 0.5) is 0 Å². The van der Waals surface area contributed by atoms with Gasteiger partial charge in [0.2, 0.25) is 0 Å². The van der Waals surface area contributed by atoms with Crippen molar-refractivity contribution in [2.75, 3.05) is 0 Å². The van der Waals surface area contributed by atoms with Crippen LogP contribution in [-0.4, -0.2) is 19.9 Å². The molecule has 0 radical (unpaired) electrons. The van der Waals surface area contributed by atoms with Gasteiger partial charge < -0.3 is 0 Å². The number of benzene rings is 10. The van der Waals surface area contributed by atoms with Crippen molar-refractivity contribution in [2.45, 2.75) is 0 Å². The maximum absolute atomic E-state index is 5.07. The van der Waals surface area contributed by atoms with Crippen molar-refractivity contribution >= 4 is 75.5 Å². The summed E-state index contributed by atoms with van der Waals surface area (Å²) in [6, 6.07) is 72.0. The van der Waals surface area contributed by atoms with Crippen molar-refractivity contribution in [3.05, 3.63) is 206 Å². The molecule has 2 heterocycles. The maximum Gasteiger partial charge on any atom is 0.164 e. The van der Waals surface area contributed by atoms with Gasteiger partial charge in [0.15, 0.2) is 17.5 Å². The van der Waals surface area contributed by atoms with E-state index in [1.165, 1.54) is 75.8 Å². The normalized spacial score (nSPS) is 11.9. The molecule has 13 aromatic rings. The Morgan fingerprint density at radius 1 is 0.242 bits per heavy atom. The van der Waals surface area contributed by atoms with E-state index in [9.17, 15) is 0 Å². The first kappa shape index (κ1) is 34.5. The third kappa shape index (κ3) is 5.47. The van der Waals surface area contributed by atoms with Gasteiger partial charge in [0.1, 0.15) is 0 Å². The zero-order valence-electron chi connectivity index (χ0n) is 33.4. The zero-order valence-corrected chi connectivity index (χ0v) is 33.4. The van der Waals surface area contributed by atoms with E-state index in [1.54, 1.807) is 0 Å². The summed E-state index contributed by atoms with van der Waals surface area (Å²) < 4.78 is 0. The van der Waals surface area contributed by atoms with Gasteiger partial charge in [-0.05, 0) is 129 Å². The molecule has 0 atom stereocenters. The largest absolute Gasteiger partial charge is 0.256 e. The van der Waals surface area contributed by atoms with Crippen LogP contribution in [-0.2, 0) is 0 Å². The standard InChI is InChI=1S/C58H34N4/c1-2-9-40(10-3-1)56-60-57(62-58(61-56)45-28-29-51-42(32-45)16-8-30-59-51)44-15-4-14-41(31-44)35-20-22-36(23-21-35)46-33-43-27-26-39-12-6-18-48-47-17-5-11-37-24-25-38-13-7-19-49(54(38)52(37)47)50(34-46)55(43)53(39)48/h1-34H. The van der Waals surface area contributed by atoms with Crippen LogP contribution in [0, 0.1) is 0 Å². The highest BCUT2D eigenvalue weighted by atomic mass is 15.0. The van der Waals surface area contributed by atoms with Crippen LogP contribution in [0.25, 0.3) is 132 Å². The van der Waals surface area contributed by atoms with E-state index in [4.69, 9.17) is 15.0 Å². The quantitative estimate of drug-likeness (QED) is 0.163. The third-order valence-electron chi connectivity index (χ3n) is 12.6. The minimum atomic E-state index is 0.622. The molecular formula is C58H34N4. The summed E-state index contributed by atoms with van der Waals surface area (Å²) in [6.07, 6.45) is 1.81. The summed E-state index contributed by atoms with van der Waals surface area (Å²) in [6.45, 7) is 0. The van der Waals surface area contributed by atoms with Crippen molar-refractivity contribution in [3.63, 3.8) is 0 Å². The molecule has 0 spiro atoms. The van der Waals surface area contributed by atoms with E-state index in [0.29, 0.717) is 17.5 Å². The molecule has 11 aromatic carbocycles. The summed E-state index contributed by atoms with van der Waals surface area (Å²) in [5.41, 5.74) is 8.28. The van der Waals surface area contributed by atoms with Gasteiger partial charge >= 0.3 is 0 Å². The molecule has 13 rings (SSSR count). The van der Waals surface area contributed by atoms with Crippen molar-refractivity contribution in [2.24, 2.45) is 0 Å². The van der Waals surface area contributed by atoms with E-state index in [1.807, 2.05) is 54.7 Å². The second-order valence-electron chi connectivity index (χ2n) is 16.2. The third-order valence-corrected chi connectivity index (χ3v) is 12.6. The lowest BCUT2D eigenvalue weighted by atomic mass is 9.86. The molecule has 4 heteroatoms. The van der Waals surface area contributed by atoms with Gasteiger partial charge in [-0.2, -0.15) is 0 Å². The van der Waals surface area contributed by atoms with E-state index in [2.05, 4.69) is 157 Å². The molecule has 286 valence electrons. The molecule has 4 nitrogen and oxygen atoms in total. The highest BCUT2D eigenvalue weighted by Gasteiger charge is 2.17. The van der Waals surface area contributed by atoms with Crippen LogP contribution < -0.4 is 0 Å². The molecule has 0 saturated carbocycles. The fourth-order valence-electron chi connectivity index (χ4n) is 9.71. The van der Waals surface area contributed by atoms with Crippen molar-refractivity contribution in [3.8, 4) is 56.4 Å². The van der Waals surface area contributed by atoms with Gasteiger partial charge in [-0.3, -0.25) is 4.98 Å². The van der Waals surface area contributed by atoms with E-state index < -0.39 is 0 Å². The number of rotatable bonds is 5. The van der Waals surface area contributed by atoms with E-state index >= 15 is 0 Å². The minimum absolute atomic E-state index is 0.622. The van der Waals surface area contributed by atoms with Gasteiger partial charge in [-0.1, -0.05) is 158 Å². The van der Waals surface area contributed by atoms with Gasteiger partial charge in [0.05, 0.1) is 5.52 Å². The lowest BCUT2D eigenvalue weighted by Crippen LogP contribution is -2.00. The Hall–Kier alpha value is -8.34. The fourth-order valence-corrected chi connectivity index (χ4v) is 9.71. The molecule has 0 aliphatic carbocycles. The average molecular weight is 787 g/mol. The predicted molar refractivity (Wildman–Crippen MR) is 259 cm³/mol. The SMILES string of the molecule is c1ccc(-c2nc(-c3cccc(-c4ccc(-c5cc6ccc7cccc8c9cccc%10ccc%11cccc(c(c5)c6c78)c%11c%109)cc4)c3)nc(-c3ccc4ncccc4c3)n2)cc1. The number of nitrogens with zero attached hydrogens (tertiary/aromatic N) is 4. The van der Waals surface area contributed by atoms with Crippen LogP contribution in [0.1, 0.15) is 0 Å². The Labute approximate surface area is 356 Å². The number of fused-ring (bicyclic) bond motifs is 3. The fraction of sp³-hybridized carbons (Fsp3) is 0. The molecule has 2 aromatic heterocycles. The van der Waals surface area contributed by atoms with E-state index in [0.717, 1.165) is 38.7 Å². The van der Waals surface area contributed by atoms with Crippen molar-refractivity contribution in [1.82, 2.24) is 19.9 Å². The van der Waals surface area contributed by atoms with Crippen molar-refractivity contribution in [1.29, 1.82) is 0 Å². The molecule has 0 saturated heterocycles. The minimum Gasteiger partial charge on any atom is -0.256 e. The topological polar surface area (TPSA) is 51.6 Å². The Morgan fingerprint density at radius 3 is 1.37 bits per heavy atom. The van der Waals surface area contributed by atoms with Gasteiger partial charge in [0.25, 0.3) is 0 Å². The highest BCUT2D eigenvalue weighted by Crippen LogP contribution is 2.44. The molecule has 62 heavy (non-hydrogen) atoms. The zero-order chi connectivity index (χ0) is 40.7. The number of hydrogen-bond acceptors (Lipinski definition) is 4. The van der Waals surface area contributed by atoms with Gasteiger partial charge in [-0.25, -0.2) is 15.0 Å². The predicted octanol–water partition coefficient (Wildman–Crippen LogP) is 15.1. The first-order chi connectivity index (χ1) is 30.7. The molecular weight excluding hydrogens is 753 g/mol. The van der Waals surface area contributed by atoms with Crippen LogP contribution in [0.3, 0.4) is 0 Å². The Kier molecular flexibility index (Phi) is 7.57. The average Bonchev–Trinajstić information content (AvgIpc) is 3.35. The molecule has 0 aliphatic rings. The summed E-state index contributed by atoms with van der Waals surface area (Å²) >= 11 is 0. The van der Waals surface area contributed by atoms with Gasteiger partial charge in [-0.15, -0.1) is 0 Å². The molecule has 0 bridgehead atoms.